The molecule has 0 radical (unpaired) electrons. The van der Waals surface area contributed by atoms with Crippen molar-refractivity contribution in [3.8, 4) is 0 Å². The van der Waals surface area contributed by atoms with Crippen LogP contribution < -0.4 is 10.6 Å². The van der Waals surface area contributed by atoms with Crippen molar-refractivity contribution >= 4 is 35.8 Å². The third-order valence-corrected chi connectivity index (χ3v) is 4.27. The molecule has 1 fully saturated rings. The molecule has 1 aliphatic rings. The van der Waals surface area contributed by atoms with Gasteiger partial charge in [-0.1, -0.05) is 13.3 Å². The summed E-state index contributed by atoms with van der Waals surface area (Å²) in [6.45, 7) is 8.75. The van der Waals surface area contributed by atoms with Crippen LogP contribution in [-0.2, 0) is 4.79 Å². The molecule has 2 N–H and O–H groups in total. The Morgan fingerprint density at radius 2 is 1.96 bits per heavy atom. The maximum absolute atomic E-state index is 11.7. The van der Waals surface area contributed by atoms with Gasteiger partial charge in [-0.25, -0.2) is 4.99 Å². The second-order valence-corrected chi connectivity index (χ2v) is 6.54. The van der Waals surface area contributed by atoms with Gasteiger partial charge in [0.1, 0.15) is 6.54 Å². The molecule has 0 aromatic carbocycles. The second kappa shape index (κ2) is 13.7. The van der Waals surface area contributed by atoms with E-state index in [0.717, 1.165) is 38.4 Å². The summed E-state index contributed by atoms with van der Waals surface area (Å²) in [5.41, 5.74) is 0. The van der Waals surface area contributed by atoms with E-state index in [1.54, 1.807) is 19.0 Å². The summed E-state index contributed by atoms with van der Waals surface area (Å²) in [5.74, 6) is 0.762. The fourth-order valence-corrected chi connectivity index (χ4v) is 2.68. The Hall–Kier alpha value is -0.570. The Bertz CT molecular complexity index is 376. The fraction of sp³-hybridized carbons (Fsp3) is 0.882. The minimum atomic E-state index is 0. The number of carbonyl (C=O) groups excluding carboxylic acids is 1. The second-order valence-electron chi connectivity index (χ2n) is 6.54. The summed E-state index contributed by atoms with van der Waals surface area (Å²) in [5, 5.41) is 6.61. The van der Waals surface area contributed by atoms with E-state index in [1.807, 2.05) is 0 Å². The van der Waals surface area contributed by atoms with E-state index in [2.05, 4.69) is 34.4 Å². The molecule has 1 aliphatic heterocycles. The van der Waals surface area contributed by atoms with Gasteiger partial charge in [-0.15, -0.1) is 24.0 Å². The Labute approximate surface area is 164 Å². The first-order chi connectivity index (χ1) is 11.0. The molecule has 1 unspecified atom stereocenters. The lowest BCUT2D eigenvalue weighted by atomic mass is 10.0. The third kappa shape index (κ3) is 9.66. The molecular weight excluding hydrogens is 417 g/mol. The molecule has 7 heteroatoms. The van der Waals surface area contributed by atoms with Gasteiger partial charge in [-0.05, 0) is 39.2 Å². The number of piperidine rings is 1. The number of amides is 1. The van der Waals surface area contributed by atoms with Gasteiger partial charge in [-0.2, -0.15) is 0 Å². The SMILES string of the molecule is CCCNC(=NCC(=O)N(C)C)NCCCN1CCCCC1C.I. The van der Waals surface area contributed by atoms with E-state index in [-0.39, 0.29) is 36.4 Å². The number of guanidine groups is 1. The van der Waals surface area contributed by atoms with Crippen LogP contribution in [0.15, 0.2) is 4.99 Å². The largest absolute Gasteiger partial charge is 0.356 e. The van der Waals surface area contributed by atoms with Gasteiger partial charge in [0, 0.05) is 39.8 Å². The minimum Gasteiger partial charge on any atom is -0.356 e. The Morgan fingerprint density at radius 3 is 2.58 bits per heavy atom. The van der Waals surface area contributed by atoms with Crippen molar-refractivity contribution in [2.45, 2.75) is 52.0 Å². The van der Waals surface area contributed by atoms with E-state index in [1.165, 1.54) is 25.8 Å². The number of likely N-dealkylation sites (tertiary alicyclic amines) is 1. The lowest BCUT2D eigenvalue weighted by Gasteiger charge is -2.33. The minimum absolute atomic E-state index is 0. The first kappa shape index (κ1) is 23.4. The highest BCUT2D eigenvalue weighted by atomic mass is 127. The molecule has 0 spiro atoms. The fourth-order valence-electron chi connectivity index (χ4n) is 2.68. The molecule has 1 heterocycles. The van der Waals surface area contributed by atoms with Crippen LogP contribution >= 0.6 is 24.0 Å². The van der Waals surface area contributed by atoms with E-state index in [9.17, 15) is 4.79 Å². The third-order valence-electron chi connectivity index (χ3n) is 4.27. The van der Waals surface area contributed by atoms with E-state index in [4.69, 9.17) is 0 Å². The summed E-state index contributed by atoms with van der Waals surface area (Å²) < 4.78 is 0. The van der Waals surface area contributed by atoms with Gasteiger partial charge in [0.05, 0.1) is 0 Å². The zero-order chi connectivity index (χ0) is 17.1. The summed E-state index contributed by atoms with van der Waals surface area (Å²) in [6.07, 6.45) is 6.15. The van der Waals surface area contributed by atoms with Gasteiger partial charge >= 0.3 is 0 Å². The van der Waals surface area contributed by atoms with Gasteiger partial charge in [-0.3, -0.25) is 4.79 Å². The molecule has 0 saturated carbocycles. The molecule has 0 aromatic heterocycles. The van der Waals surface area contributed by atoms with Gasteiger partial charge in [0.2, 0.25) is 5.91 Å². The van der Waals surface area contributed by atoms with Crippen molar-refractivity contribution < 1.29 is 4.79 Å². The van der Waals surface area contributed by atoms with Crippen molar-refractivity contribution in [3.63, 3.8) is 0 Å². The predicted molar refractivity (Wildman–Crippen MR) is 112 cm³/mol. The molecule has 1 rings (SSSR count). The molecular formula is C17H36IN5O. The highest BCUT2D eigenvalue weighted by Crippen LogP contribution is 2.15. The van der Waals surface area contributed by atoms with Gasteiger partial charge in [0.15, 0.2) is 5.96 Å². The molecule has 1 amide bonds. The number of nitrogens with one attached hydrogen (secondary N) is 2. The van der Waals surface area contributed by atoms with Crippen LogP contribution in [0.25, 0.3) is 0 Å². The molecule has 0 bridgehead atoms. The Balaban J connectivity index is 0.00000529. The van der Waals surface area contributed by atoms with Crippen molar-refractivity contribution in [1.82, 2.24) is 20.4 Å². The number of hydrogen-bond acceptors (Lipinski definition) is 3. The maximum atomic E-state index is 11.7. The van der Waals surface area contributed by atoms with Crippen molar-refractivity contribution in [2.75, 3.05) is 46.8 Å². The van der Waals surface area contributed by atoms with E-state index in [0.29, 0.717) is 6.04 Å². The number of rotatable bonds is 8. The van der Waals surface area contributed by atoms with Crippen molar-refractivity contribution in [2.24, 2.45) is 4.99 Å². The monoisotopic (exact) mass is 453 g/mol. The first-order valence-corrected chi connectivity index (χ1v) is 9.01. The number of nitrogens with zero attached hydrogens (tertiary/aromatic N) is 3. The molecule has 24 heavy (non-hydrogen) atoms. The Morgan fingerprint density at radius 1 is 1.25 bits per heavy atom. The van der Waals surface area contributed by atoms with Gasteiger partial charge in [0.25, 0.3) is 0 Å². The molecule has 1 saturated heterocycles. The molecule has 0 aliphatic carbocycles. The lowest BCUT2D eigenvalue weighted by Crippen LogP contribution is -2.42. The summed E-state index contributed by atoms with van der Waals surface area (Å²) >= 11 is 0. The number of halogens is 1. The van der Waals surface area contributed by atoms with E-state index < -0.39 is 0 Å². The molecule has 0 aromatic rings. The molecule has 6 nitrogen and oxygen atoms in total. The topological polar surface area (TPSA) is 60.0 Å². The van der Waals surface area contributed by atoms with Crippen LogP contribution in [0.4, 0.5) is 0 Å². The average molecular weight is 453 g/mol. The molecule has 1 atom stereocenters. The number of hydrogen-bond donors (Lipinski definition) is 2. The standard InChI is InChI=1S/C17H35N5O.HI/c1-5-10-18-17(20-14-16(23)21(3)4)19-11-8-13-22-12-7-6-9-15(22)2;/h15H,5-14H2,1-4H3,(H2,18,19,20);1H. The Kier molecular flexibility index (Phi) is 13.4. The van der Waals surface area contributed by atoms with Crippen LogP contribution in [0.3, 0.4) is 0 Å². The number of aliphatic imine (C=N–C) groups is 1. The lowest BCUT2D eigenvalue weighted by molar-refractivity contribution is -0.127. The zero-order valence-electron chi connectivity index (χ0n) is 15.8. The number of carbonyl (C=O) groups is 1. The van der Waals surface area contributed by atoms with E-state index >= 15 is 0 Å². The molecule has 142 valence electrons. The maximum Gasteiger partial charge on any atom is 0.243 e. The van der Waals surface area contributed by atoms with Crippen molar-refractivity contribution in [1.29, 1.82) is 0 Å². The van der Waals surface area contributed by atoms with Crippen LogP contribution in [0, 0.1) is 0 Å². The van der Waals surface area contributed by atoms with Crippen molar-refractivity contribution in [3.05, 3.63) is 0 Å². The first-order valence-electron chi connectivity index (χ1n) is 9.01. The van der Waals surface area contributed by atoms with Crippen LogP contribution in [0.5, 0.6) is 0 Å². The van der Waals surface area contributed by atoms with Crippen LogP contribution in [0.1, 0.15) is 46.0 Å². The van der Waals surface area contributed by atoms with Crippen LogP contribution in [-0.4, -0.2) is 74.5 Å². The summed E-state index contributed by atoms with van der Waals surface area (Å²) in [7, 11) is 3.51. The normalized spacial score (nSPS) is 18.7. The average Bonchev–Trinajstić information content (AvgIpc) is 2.54. The predicted octanol–water partition coefficient (Wildman–Crippen LogP) is 1.90. The smallest absolute Gasteiger partial charge is 0.243 e. The van der Waals surface area contributed by atoms with Crippen LogP contribution in [0.2, 0.25) is 0 Å². The van der Waals surface area contributed by atoms with Gasteiger partial charge < -0.3 is 20.4 Å². The highest BCUT2D eigenvalue weighted by Gasteiger charge is 2.17. The zero-order valence-corrected chi connectivity index (χ0v) is 18.1. The number of likely N-dealkylation sites (N-methyl/N-ethyl adjacent to an activating group) is 1. The summed E-state index contributed by atoms with van der Waals surface area (Å²) in [6, 6.07) is 0.716. The highest BCUT2D eigenvalue weighted by molar-refractivity contribution is 14.0. The quantitative estimate of drug-likeness (QED) is 0.255. The summed E-state index contributed by atoms with van der Waals surface area (Å²) in [4.78, 5) is 20.2.